The summed E-state index contributed by atoms with van der Waals surface area (Å²) in [6, 6.07) is 6.22. The smallest absolute Gasteiger partial charge is 0.328 e. The average molecular weight is 329 g/mol. The number of hydrogen-bond donors (Lipinski definition) is 2. The van der Waals surface area contributed by atoms with Gasteiger partial charge in [0.15, 0.2) is 0 Å². The predicted octanol–water partition coefficient (Wildman–Crippen LogP) is 4.90. The molecular weight excluding hydrogens is 302 g/mol. The van der Waals surface area contributed by atoms with E-state index in [9.17, 15) is 4.79 Å². The van der Waals surface area contributed by atoms with Crippen LogP contribution in [0.1, 0.15) is 40.2 Å². The van der Waals surface area contributed by atoms with E-state index in [1.165, 1.54) is 22.9 Å². The van der Waals surface area contributed by atoms with Crippen molar-refractivity contribution in [1.29, 1.82) is 0 Å². The number of fused-ring (bicyclic) bond motifs is 1. The molecule has 130 valence electrons. The molecule has 0 saturated carbocycles. The van der Waals surface area contributed by atoms with Gasteiger partial charge in [0.2, 0.25) is 0 Å². The second-order valence-electron chi connectivity index (χ2n) is 6.04. The number of benzene rings is 1. The van der Waals surface area contributed by atoms with E-state index in [0.717, 1.165) is 11.8 Å². The first-order chi connectivity index (χ1) is 11.3. The lowest BCUT2D eigenvalue weighted by Crippen LogP contribution is -2.31. The van der Waals surface area contributed by atoms with E-state index in [0.29, 0.717) is 6.61 Å². The van der Waals surface area contributed by atoms with Crippen molar-refractivity contribution in [3.05, 3.63) is 54.1 Å². The van der Waals surface area contributed by atoms with Gasteiger partial charge in [-0.3, -0.25) is 0 Å². The summed E-state index contributed by atoms with van der Waals surface area (Å²) in [5.41, 5.74) is 3.77. The zero-order valence-corrected chi connectivity index (χ0v) is 15.1. The Morgan fingerprint density at radius 1 is 1.33 bits per heavy atom. The number of rotatable bonds is 4. The lowest BCUT2D eigenvalue weighted by Gasteiger charge is -2.31. The maximum Gasteiger partial charge on any atom is 0.328 e. The molecule has 1 aromatic rings. The van der Waals surface area contributed by atoms with Crippen molar-refractivity contribution in [2.75, 3.05) is 11.9 Å². The van der Waals surface area contributed by atoms with Crippen LogP contribution in [0.4, 0.5) is 5.69 Å². The third-order valence-electron chi connectivity index (χ3n) is 3.30. The van der Waals surface area contributed by atoms with Crippen molar-refractivity contribution in [2.45, 2.75) is 40.2 Å². The van der Waals surface area contributed by atoms with Crippen LogP contribution in [0.15, 0.2) is 48.6 Å². The quantitative estimate of drug-likeness (QED) is 0.609. The highest BCUT2D eigenvalue weighted by Gasteiger charge is 2.22. The van der Waals surface area contributed by atoms with E-state index < -0.39 is 5.97 Å². The van der Waals surface area contributed by atoms with Crippen molar-refractivity contribution in [3.63, 3.8) is 0 Å². The van der Waals surface area contributed by atoms with Crippen LogP contribution in [0, 0.1) is 0 Å². The normalized spacial score (nSPS) is 15.1. The highest BCUT2D eigenvalue weighted by molar-refractivity contribution is 5.81. The molecule has 1 aromatic carbocycles. The summed E-state index contributed by atoms with van der Waals surface area (Å²) < 4.78 is 5.52. The number of carboxylic acid groups (broad SMARTS) is 1. The van der Waals surface area contributed by atoms with Crippen LogP contribution in [0.2, 0.25) is 0 Å². The van der Waals surface area contributed by atoms with Gasteiger partial charge in [0.25, 0.3) is 0 Å². The Hall–Kier alpha value is -2.49. The molecule has 24 heavy (non-hydrogen) atoms. The molecule has 0 radical (unpaired) electrons. The summed E-state index contributed by atoms with van der Waals surface area (Å²) in [4.78, 5) is 9.75. The van der Waals surface area contributed by atoms with E-state index in [1.807, 2.05) is 19.9 Å². The molecule has 0 fully saturated rings. The maximum absolute atomic E-state index is 9.75. The molecule has 2 N–H and O–H groups in total. The predicted molar refractivity (Wildman–Crippen MR) is 101 cm³/mol. The second kappa shape index (κ2) is 8.96. The third-order valence-corrected chi connectivity index (χ3v) is 3.30. The fourth-order valence-corrected chi connectivity index (χ4v) is 2.47. The Bertz CT molecular complexity index is 655. The number of hydrogen-bond acceptors (Lipinski definition) is 3. The summed E-state index contributed by atoms with van der Waals surface area (Å²) in [6.07, 6.45) is 8.24. The van der Waals surface area contributed by atoms with Gasteiger partial charge in [0.1, 0.15) is 5.75 Å². The average Bonchev–Trinajstić information content (AvgIpc) is 2.48. The van der Waals surface area contributed by atoms with Gasteiger partial charge in [0, 0.05) is 17.3 Å². The monoisotopic (exact) mass is 329 g/mol. The van der Waals surface area contributed by atoms with Crippen LogP contribution >= 0.6 is 0 Å². The Morgan fingerprint density at radius 2 is 2.04 bits per heavy atom. The van der Waals surface area contributed by atoms with Gasteiger partial charge in [-0.15, -0.1) is 0 Å². The first kappa shape index (κ1) is 19.6. The Morgan fingerprint density at radius 3 is 2.62 bits per heavy atom. The van der Waals surface area contributed by atoms with E-state index in [4.69, 9.17) is 9.84 Å². The minimum absolute atomic E-state index is 0.0320. The van der Waals surface area contributed by atoms with Crippen molar-refractivity contribution in [2.24, 2.45) is 0 Å². The first-order valence-electron chi connectivity index (χ1n) is 8.06. The molecule has 0 bridgehead atoms. The summed E-state index contributed by atoms with van der Waals surface area (Å²) in [7, 11) is 0. The van der Waals surface area contributed by atoms with Crippen LogP contribution in [-0.4, -0.2) is 23.2 Å². The zero-order chi connectivity index (χ0) is 18.2. The molecule has 1 aliphatic rings. The number of aliphatic carboxylic acids is 1. The summed E-state index contributed by atoms with van der Waals surface area (Å²) in [5, 5.41) is 11.5. The van der Waals surface area contributed by atoms with E-state index in [-0.39, 0.29) is 5.54 Å². The molecule has 0 amide bonds. The number of anilines is 1. The Labute approximate surface area is 144 Å². The molecule has 0 aromatic heterocycles. The summed E-state index contributed by atoms with van der Waals surface area (Å²) >= 11 is 0. The standard InChI is InChI=1S/C14H19NO.C6H8O2/c1-5-16-11-6-7-13-12(8-11)10(2)9-14(3,4)15-13;1-2-3-4-5-6(7)8/h6-9,15H,5H2,1-4H3;2-5H,1H3,(H,7,8). The second-order valence-corrected chi connectivity index (χ2v) is 6.04. The molecule has 1 aliphatic heterocycles. The zero-order valence-electron chi connectivity index (χ0n) is 15.1. The summed E-state index contributed by atoms with van der Waals surface area (Å²) in [6.45, 7) is 11.0. The van der Waals surface area contributed by atoms with Gasteiger partial charge < -0.3 is 15.2 Å². The molecule has 0 spiro atoms. The number of nitrogens with one attached hydrogen (secondary N) is 1. The molecule has 0 saturated heterocycles. The topological polar surface area (TPSA) is 58.6 Å². The van der Waals surface area contributed by atoms with Crippen molar-refractivity contribution in [1.82, 2.24) is 0 Å². The van der Waals surface area contributed by atoms with Gasteiger partial charge in [-0.05, 0) is 58.4 Å². The first-order valence-corrected chi connectivity index (χ1v) is 8.06. The minimum atomic E-state index is -0.914. The van der Waals surface area contributed by atoms with Crippen LogP contribution in [0.25, 0.3) is 5.57 Å². The molecule has 2 rings (SSSR count). The number of carboxylic acids is 1. The van der Waals surface area contributed by atoms with Gasteiger partial charge in [0.05, 0.1) is 12.1 Å². The van der Waals surface area contributed by atoms with Gasteiger partial charge in [-0.2, -0.15) is 0 Å². The van der Waals surface area contributed by atoms with E-state index in [2.05, 4.69) is 44.3 Å². The van der Waals surface area contributed by atoms with E-state index in [1.54, 1.807) is 12.2 Å². The molecular formula is C20H27NO3. The van der Waals surface area contributed by atoms with Crippen LogP contribution in [0.5, 0.6) is 5.75 Å². The Kier molecular flexibility index (Phi) is 7.31. The molecule has 4 nitrogen and oxygen atoms in total. The van der Waals surface area contributed by atoms with Gasteiger partial charge >= 0.3 is 5.97 Å². The van der Waals surface area contributed by atoms with Crippen LogP contribution in [-0.2, 0) is 4.79 Å². The molecule has 4 heteroatoms. The van der Waals surface area contributed by atoms with Crippen molar-refractivity contribution in [3.8, 4) is 5.75 Å². The highest BCUT2D eigenvalue weighted by atomic mass is 16.5. The lowest BCUT2D eigenvalue weighted by molar-refractivity contribution is -0.131. The largest absolute Gasteiger partial charge is 0.494 e. The van der Waals surface area contributed by atoms with Crippen molar-refractivity contribution < 1.29 is 14.6 Å². The number of ether oxygens (including phenoxy) is 1. The third kappa shape index (κ3) is 6.32. The van der Waals surface area contributed by atoms with Crippen LogP contribution in [0.3, 0.4) is 0 Å². The lowest BCUT2D eigenvalue weighted by atomic mass is 9.91. The van der Waals surface area contributed by atoms with Crippen molar-refractivity contribution >= 4 is 17.2 Å². The SMILES string of the molecule is CC=CC=CC(=O)O.CCOc1ccc2c(c1)C(C)=CC(C)(C)N2. The minimum Gasteiger partial charge on any atom is -0.494 e. The molecule has 0 unspecified atom stereocenters. The number of carbonyl (C=O) groups is 1. The fourth-order valence-electron chi connectivity index (χ4n) is 2.47. The van der Waals surface area contributed by atoms with Crippen LogP contribution < -0.4 is 10.1 Å². The molecule has 1 heterocycles. The molecule has 0 atom stereocenters. The number of allylic oxidation sites excluding steroid dienone is 4. The maximum atomic E-state index is 9.75. The highest BCUT2D eigenvalue weighted by Crippen LogP contribution is 2.35. The van der Waals surface area contributed by atoms with Gasteiger partial charge in [-0.25, -0.2) is 4.79 Å². The van der Waals surface area contributed by atoms with E-state index >= 15 is 0 Å². The van der Waals surface area contributed by atoms with Gasteiger partial charge in [-0.1, -0.05) is 24.3 Å². The molecule has 0 aliphatic carbocycles. The Balaban J connectivity index is 0.000000307. The summed E-state index contributed by atoms with van der Waals surface area (Å²) in [5.74, 6) is 0.0265. The fraction of sp³-hybridized carbons (Fsp3) is 0.350.